The van der Waals surface area contributed by atoms with Crippen molar-refractivity contribution in [3.05, 3.63) is 35.4 Å². The Bertz CT molecular complexity index is 466. The van der Waals surface area contributed by atoms with Crippen molar-refractivity contribution in [2.24, 2.45) is 0 Å². The van der Waals surface area contributed by atoms with E-state index in [9.17, 15) is 9.59 Å². The van der Waals surface area contributed by atoms with Crippen molar-refractivity contribution >= 4 is 11.9 Å². The van der Waals surface area contributed by atoms with Crippen molar-refractivity contribution in [1.29, 1.82) is 0 Å². The van der Waals surface area contributed by atoms with E-state index in [0.717, 1.165) is 5.56 Å². The van der Waals surface area contributed by atoms with Crippen LogP contribution in [-0.4, -0.2) is 34.0 Å². The van der Waals surface area contributed by atoms with Gasteiger partial charge in [-0.25, -0.2) is 4.79 Å². The number of carbonyl (C=O) groups is 2. The third kappa shape index (κ3) is 1.79. The second-order valence-corrected chi connectivity index (χ2v) is 4.65. The standard InChI is InChI=1S/C13H15NO3/c1-9-3-5-10(6-4-9)11(15)14-8-7-13(14,2)12(16)17/h3-6H,7-8H2,1-2H3,(H,16,17). The minimum atomic E-state index is -1.04. The number of amides is 1. The van der Waals surface area contributed by atoms with E-state index in [1.165, 1.54) is 4.90 Å². The molecule has 1 fully saturated rings. The smallest absolute Gasteiger partial charge is 0.329 e. The van der Waals surface area contributed by atoms with Gasteiger partial charge in [0.1, 0.15) is 5.54 Å². The van der Waals surface area contributed by atoms with Crippen LogP contribution in [0.5, 0.6) is 0 Å². The zero-order valence-electron chi connectivity index (χ0n) is 9.93. The van der Waals surface area contributed by atoms with Gasteiger partial charge in [-0.1, -0.05) is 17.7 Å². The second-order valence-electron chi connectivity index (χ2n) is 4.65. The first kappa shape index (κ1) is 11.6. The Hall–Kier alpha value is -1.84. The number of aliphatic carboxylic acids is 1. The minimum Gasteiger partial charge on any atom is -0.480 e. The first-order valence-electron chi connectivity index (χ1n) is 5.57. The number of likely N-dealkylation sites (tertiary alicyclic amines) is 1. The van der Waals surface area contributed by atoms with Crippen molar-refractivity contribution in [1.82, 2.24) is 4.90 Å². The number of carbonyl (C=O) groups excluding carboxylic acids is 1. The lowest BCUT2D eigenvalue weighted by molar-refractivity contribution is -0.155. The molecule has 1 unspecified atom stereocenters. The molecule has 1 aromatic carbocycles. The van der Waals surface area contributed by atoms with Crippen LogP contribution in [0, 0.1) is 6.92 Å². The van der Waals surface area contributed by atoms with Gasteiger partial charge in [0.2, 0.25) is 0 Å². The van der Waals surface area contributed by atoms with Gasteiger partial charge in [-0.2, -0.15) is 0 Å². The molecule has 0 radical (unpaired) electrons. The van der Waals surface area contributed by atoms with Crippen molar-refractivity contribution < 1.29 is 14.7 Å². The number of carboxylic acids is 1. The minimum absolute atomic E-state index is 0.207. The van der Waals surface area contributed by atoms with Crippen molar-refractivity contribution in [3.8, 4) is 0 Å². The average Bonchev–Trinajstić information content (AvgIpc) is 2.27. The maximum Gasteiger partial charge on any atom is 0.329 e. The average molecular weight is 233 g/mol. The van der Waals surface area contributed by atoms with Crippen LogP contribution >= 0.6 is 0 Å². The lowest BCUT2D eigenvalue weighted by Gasteiger charge is -2.47. The predicted octanol–water partition coefficient (Wildman–Crippen LogP) is 1.68. The Morgan fingerprint density at radius 1 is 1.29 bits per heavy atom. The molecule has 90 valence electrons. The molecule has 0 bridgehead atoms. The normalized spacial score (nSPS) is 23.1. The molecular formula is C13H15NO3. The summed E-state index contributed by atoms with van der Waals surface area (Å²) in [6.07, 6.45) is 0.514. The van der Waals surface area contributed by atoms with Gasteiger partial charge in [-0.3, -0.25) is 4.79 Å². The summed E-state index contributed by atoms with van der Waals surface area (Å²) >= 11 is 0. The third-order valence-corrected chi connectivity index (χ3v) is 3.42. The van der Waals surface area contributed by atoms with Gasteiger partial charge in [-0.05, 0) is 32.4 Å². The van der Waals surface area contributed by atoms with E-state index in [0.29, 0.717) is 18.5 Å². The SMILES string of the molecule is Cc1ccc(C(=O)N2CCC2(C)C(=O)O)cc1. The Labute approximate surface area is 99.9 Å². The second kappa shape index (κ2) is 3.87. The van der Waals surface area contributed by atoms with Crippen LogP contribution in [0.25, 0.3) is 0 Å². The van der Waals surface area contributed by atoms with Gasteiger partial charge in [-0.15, -0.1) is 0 Å². The molecule has 1 heterocycles. The Morgan fingerprint density at radius 3 is 2.29 bits per heavy atom. The molecule has 4 heteroatoms. The zero-order chi connectivity index (χ0) is 12.6. The van der Waals surface area contributed by atoms with Gasteiger partial charge >= 0.3 is 5.97 Å². The highest BCUT2D eigenvalue weighted by molar-refractivity contribution is 5.99. The van der Waals surface area contributed by atoms with Crippen molar-refractivity contribution in [2.45, 2.75) is 25.8 Å². The molecule has 1 aliphatic rings. The highest BCUT2D eigenvalue weighted by Crippen LogP contribution is 2.32. The van der Waals surface area contributed by atoms with E-state index in [2.05, 4.69) is 0 Å². The fourth-order valence-electron chi connectivity index (χ4n) is 1.96. The molecule has 0 aromatic heterocycles. The number of carboxylic acid groups (broad SMARTS) is 1. The summed E-state index contributed by atoms with van der Waals surface area (Å²) in [4.78, 5) is 24.6. The lowest BCUT2D eigenvalue weighted by atomic mass is 9.86. The van der Waals surface area contributed by atoms with E-state index >= 15 is 0 Å². The Morgan fingerprint density at radius 2 is 1.88 bits per heavy atom. The first-order valence-corrected chi connectivity index (χ1v) is 5.57. The molecule has 1 N–H and O–H groups in total. The topological polar surface area (TPSA) is 57.6 Å². The summed E-state index contributed by atoms with van der Waals surface area (Å²) in [6.45, 7) is 4.04. The van der Waals surface area contributed by atoms with Crippen LogP contribution in [-0.2, 0) is 4.79 Å². The monoisotopic (exact) mass is 233 g/mol. The number of rotatable bonds is 2. The summed E-state index contributed by atoms with van der Waals surface area (Å²) in [5.74, 6) is -1.15. The van der Waals surface area contributed by atoms with Crippen molar-refractivity contribution in [2.75, 3.05) is 6.54 Å². The number of benzene rings is 1. The van der Waals surface area contributed by atoms with Gasteiger partial charge in [0.25, 0.3) is 5.91 Å². The maximum absolute atomic E-state index is 12.1. The molecule has 1 aliphatic heterocycles. The molecule has 0 saturated carbocycles. The van der Waals surface area contributed by atoms with Gasteiger partial charge < -0.3 is 10.0 Å². The quantitative estimate of drug-likeness (QED) is 0.845. The molecule has 0 spiro atoms. The summed E-state index contributed by atoms with van der Waals surface area (Å²) in [6, 6.07) is 7.17. The van der Waals surface area contributed by atoms with Crippen LogP contribution in [0.2, 0.25) is 0 Å². The first-order chi connectivity index (χ1) is 7.95. The summed E-state index contributed by atoms with van der Waals surface area (Å²) in [5, 5.41) is 9.11. The largest absolute Gasteiger partial charge is 0.480 e. The summed E-state index contributed by atoms with van der Waals surface area (Å²) in [7, 11) is 0. The lowest BCUT2D eigenvalue weighted by Crippen LogP contribution is -2.64. The Kier molecular flexibility index (Phi) is 2.65. The zero-order valence-corrected chi connectivity index (χ0v) is 9.93. The van der Waals surface area contributed by atoms with Crippen LogP contribution in [0.1, 0.15) is 29.3 Å². The number of hydrogen-bond acceptors (Lipinski definition) is 2. The highest BCUT2D eigenvalue weighted by atomic mass is 16.4. The molecule has 4 nitrogen and oxygen atoms in total. The molecular weight excluding hydrogens is 218 g/mol. The molecule has 1 saturated heterocycles. The van der Waals surface area contributed by atoms with E-state index in [1.54, 1.807) is 19.1 Å². The van der Waals surface area contributed by atoms with Crippen LogP contribution < -0.4 is 0 Å². The molecule has 17 heavy (non-hydrogen) atoms. The van der Waals surface area contributed by atoms with Crippen LogP contribution in [0.15, 0.2) is 24.3 Å². The highest BCUT2D eigenvalue weighted by Gasteiger charge is 2.49. The summed E-state index contributed by atoms with van der Waals surface area (Å²) in [5.41, 5.74) is 0.580. The van der Waals surface area contributed by atoms with Gasteiger partial charge in [0.15, 0.2) is 0 Å². The fraction of sp³-hybridized carbons (Fsp3) is 0.385. The Balaban J connectivity index is 2.22. The molecule has 1 aromatic rings. The molecule has 1 atom stereocenters. The summed E-state index contributed by atoms with van der Waals surface area (Å²) < 4.78 is 0. The van der Waals surface area contributed by atoms with E-state index in [-0.39, 0.29) is 5.91 Å². The van der Waals surface area contributed by atoms with Crippen molar-refractivity contribution in [3.63, 3.8) is 0 Å². The molecule has 2 rings (SSSR count). The van der Waals surface area contributed by atoms with Gasteiger partial charge in [0, 0.05) is 12.1 Å². The molecule has 1 amide bonds. The van der Waals surface area contributed by atoms with E-state index in [1.807, 2.05) is 19.1 Å². The van der Waals surface area contributed by atoms with Gasteiger partial charge in [0.05, 0.1) is 0 Å². The maximum atomic E-state index is 12.1. The predicted molar refractivity (Wildman–Crippen MR) is 62.9 cm³/mol. The fourth-order valence-corrected chi connectivity index (χ4v) is 1.96. The molecule has 0 aliphatic carbocycles. The number of hydrogen-bond donors (Lipinski definition) is 1. The van der Waals surface area contributed by atoms with Crippen LogP contribution in [0.3, 0.4) is 0 Å². The number of aryl methyl sites for hydroxylation is 1. The third-order valence-electron chi connectivity index (χ3n) is 3.42. The number of nitrogens with zero attached hydrogens (tertiary/aromatic N) is 1. The van der Waals surface area contributed by atoms with Crippen LogP contribution in [0.4, 0.5) is 0 Å². The van der Waals surface area contributed by atoms with E-state index in [4.69, 9.17) is 5.11 Å². The van der Waals surface area contributed by atoms with E-state index < -0.39 is 11.5 Å².